The van der Waals surface area contributed by atoms with Gasteiger partial charge in [-0.1, -0.05) is 35.9 Å². The molecule has 1 heterocycles. The van der Waals surface area contributed by atoms with Crippen LogP contribution in [-0.4, -0.2) is 32.1 Å². The van der Waals surface area contributed by atoms with Crippen molar-refractivity contribution in [1.29, 1.82) is 0 Å². The zero-order valence-corrected chi connectivity index (χ0v) is 21.6. The van der Waals surface area contributed by atoms with Gasteiger partial charge in [0.25, 0.3) is 11.8 Å². The summed E-state index contributed by atoms with van der Waals surface area (Å²) in [7, 11) is 3.00. The maximum Gasteiger partial charge on any atom is 0.335 e. The topological polar surface area (TPSA) is 94.2 Å². The number of methoxy groups -OCH3 is 2. The summed E-state index contributed by atoms with van der Waals surface area (Å²) < 4.78 is 16.8. The van der Waals surface area contributed by atoms with Gasteiger partial charge in [-0.3, -0.25) is 14.9 Å². The van der Waals surface area contributed by atoms with Gasteiger partial charge < -0.3 is 14.2 Å². The number of ether oxygens (including phenoxy) is 3. The molecular formula is C29H25ClN2O6. The first kappa shape index (κ1) is 26.5. The molecule has 1 fully saturated rings. The fourth-order valence-electron chi connectivity index (χ4n) is 3.94. The summed E-state index contributed by atoms with van der Waals surface area (Å²) in [5.74, 6) is -0.108. The standard InChI is InChI=1S/C29H25ClN2O6/c1-4-7-19-14-18(16-25(37-3)26(19)38-17-20-8-5-6-9-24(20)30)15-23-27(33)31-29(35)32(28(23)34)21-10-12-22(36-2)13-11-21/h4-6,8-16H,1,7,17H2,2-3H3,(H,31,33,35)/b23-15+. The third-order valence-electron chi connectivity index (χ3n) is 5.81. The van der Waals surface area contributed by atoms with Crippen LogP contribution in [0.25, 0.3) is 6.08 Å². The van der Waals surface area contributed by atoms with Crippen molar-refractivity contribution in [1.82, 2.24) is 5.32 Å². The highest BCUT2D eigenvalue weighted by Crippen LogP contribution is 2.36. The van der Waals surface area contributed by atoms with Gasteiger partial charge in [0.1, 0.15) is 17.9 Å². The Balaban J connectivity index is 1.69. The Morgan fingerprint density at radius 2 is 1.71 bits per heavy atom. The van der Waals surface area contributed by atoms with Gasteiger partial charge in [0.2, 0.25) is 0 Å². The molecule has 3 aromatic carbocycles. The number of urea groups is 1. The number of rotatable bonds is 9. The van der Waals surface area contributed by atoms with Gasteiger partial charge in [0.05, 0.1) is 19.9 Å². The molecule has 4 rings (SSSR count). The van der Waals surface area contributed by atoms with E-state index in [9.17, 15) is 14.4 Å². The molecule has 1 N–H and O–H groups in total. The third kappa shape index (κ3) is 5.55. The second kappa shape index (κ2) is 11.7. The molecular weight excluding hydrogens is 508 g/mol. The van der Waals surface area contributed by atoms with E-state index in [1.54, 1.807) is 48.5 Å². The number of nitrogens with zero attached hydrogens (tertiary/aromatic N) is 1. The Morgan fingerprint density at radius 3 is 2.37 bits per heavy atom. The number of carbonyl (C=O) groups excluding carboxylic acids is 3. The fraction of sp³-hybridized carbons (Fsp3) is 0.138. The normalized spacial score (nSPS) is 14.3. The summed E-state index contributed by atoms with van der Waals surface area (Å²) in [6.45, 7) is 4.02. The Hall–Kier alpha value is -4.56. The largest absolute Gasteiger partial charge is 0.497 e. The summed E-state index contributed by atoms with van der Waals surface area (Å²) in [5.41, 5.74) is 2.12. The molecule has 1 aliphatic heterocycles. The smallest absolute Gasteiger partial charge is 0.335 e. The number of hydrogen-bond acceptors (Lipinski definition) is 6. The molecule has 4 amide bonds. The van der Waals surface area contributed by atoms with Crippen LogP contribution < -0.4 is 24.4 Å². The van der Waals surface area contributed by atoms with Gasteiger partial charge in [-0.15, -0.1) is 6.58 Å². The van der Waals surface area contributed by atoms with Gasteiger partial charge in [-0.25, -0.2) is 9.69 Å². The summed E-state index contributed by atoms with van der Waals surface area (Å²) in [6.07, 6.45) is 3.55. The van der Waals surface area contributed by atoms with E-state index in [0.717, 1.165) is 16.0 Å². The van der Waals surface area contributed by atoms with Gasteiger partial charge in [0.15, 0.2) is 11.5 Å². The molecule has 8 nitrogen and oxygen atoms in total. The number of carbonyl (C=O) groups is 3. The lowest BCUT2D eigenvalue weighted by atomic mass is 10.0. The number of hydrogen-bond donors (Lipinski definition) is 1. The maximum absolute atomic E-state index is 13.3. The molecule has 0 saturated carbocycles. The number of halogens is 1. The molecule has 1 aliphatic rings. The second-order valence-corrected chi connectivity index (χ2v) is 8.65. The lowest BCUT2D eigenvalue weighted by molar-refractivity contribution is -0.122. The summed E-state index contributed by atoms with van der Waals surface area (Å²) in [6, 6.07) is 16.3. The van der Waals surface area contributed by atoms with Crippen molar-refractivity contribution in [2.75, 3.05) is 19.1 Å². The van der Waals surface area contributed by atoms with Crippen LogP contribution in [-0.2, 0) is 22.6 Å². The Morgan fingerprint density at radius 1 is 0.974 bits per heavy atom. The predicted octanol–water partition coefficient (Wildman–Crippen LogP) is 5.33. The van der Waals surface area contributed by atoms with E-state index in [1.807, 2.05) is 18.2 Å². The number of amides is 4. The average Bonchev–Trinajstić information content (AvgIpc) is 2.91. The zero-order valence-electron chi connectivity index (χ0n) is 20.8. The van der Waals surface area contributed by atoms with Crippen LogP contribution in [0.2, 0.25) is 5.02 Å². The lowest BCUT2D eigenvalue weighted by Crippen LogP contribution is -2.54. The highest BCUT2D eigenvalue weighted by Gasteiger charge is 2.37. The van der Waals surface area contributed by atoms with E-state index in [0.29, 0.717) is 39.9 Å². The van der Waals surface area contributed by atoms with Crippen molar-refractivity contribution >= 4 is 41.2 Å². The van der Waals surface area contributed by atoms with Gasteiger partial charge in [-0.2, -0.15) is 0 Å². The number of imide groups is 2. The SMILES string of the molecule is C=CCc1cc(/C=C2\C(=O)NC(=O)N(c3ccc(OC)cc3)C2=O)cc(OC)c1OCc1ccccc1Cl. The van der Waals surface area contributed by atoms with Crippen LogP contribution in [0.15, 0.2) is 78.9 Å². The van der Waals surface area contributed by atoms with E-state index in [1.165, 1.54) is 20.3 Å². The molecule has 0 atom stereocenters. The van der Waals surface area contributed by atoms with E-state index >= 15 is 0 Å². The van der Waals surface area contributed by atoms with E-state index in [-0.39, 0.29) is 12.2 Å². The number of allylic oxidation sites excluding steroid dienone is 1. The highest BCUT2D eigenvalue weighted by atomic mass is 35.5. The van der Waals surface area contributed by atoms with Crippen LogP contribution in [0.1, 0.15) is 16.7 Å². The maximum atomic E-state index is 13.3. The summed E-state index contributed by atoms with van der Waals surface area (Å²) >= 11 is 6.27. The van der Waals surface area contributed by atoms with Crippen molar-refractivity contribution in [2.45, 2.75) is 13.0 Å². The molecule has 0 bridgehead atoms. The van der Waals surface area contributed by atoms with Crippen LogP contribution >= 0.6 is 11.6 Å². The lowest BCUT2D eigenvalue weighted by Gasteiger charge is -2.26. The highest BCUT2D eigenvalue weighted by molar-refractivity contribution is 6.39. The molecule has 1 saturated heterocycles. The van der Waals surface area contributed by atoms with Crippen LogP contribution in [0, 0.1) is 0 Å². The van der Waals surface area contributed by atoms with E-state index in [4.69, 9.17) is 25.8 Å². The Kier molecular flexibility index (Phi) is 8.13. The molecule has 9 heteroatoms. The molecule has 38 heavy (non-hydrogen) atoms. The minimum atomic E-state index is -0.837. The second-order valence-electron chi connectivity index (χ2n) is 8.24. The van der Waals surface area contributed by atoms with Crippen molar-refractivity contribution in [3.05, 3.63) is 101 Å². The Bertz CT molecular complexity index is 1430. The average molecular weight is 533 g/mol. The van der Waals surface area contributed by atoms with Gasteiger partial charge in [0, 0.05) is 16.1 Å². The molecule has 0 unspecified atom stereocenters. The summed E-state index contributed by atoms with van der Waals surface area (Å²) in [5, 5.41) is 2.80. The van der Waals surface area contributed by atoms with Crippen molar-refractivity contribution in [3.8, 4) is 17.2 Å². The molecule has 0 spiro atoms. The van der Waals surface area contributed by atoms with Crippen LogP contribution in [0.5, 0.6) is 17.2 Å². The van der Waals surface area contributed by atoms with E-state index in [2.05, 4.69) is 11.9 Å². The molecule has 3 aromatic rings. The first-order chi connectivity index (χ1) is 18.4. The Labute approximate surface area is 225 Å². The summed E-state index contributed by atoms with van der Waals surface area (Å²) in [4.78, 5) is 39.4. The first-order valence-electron chi connectivity index (χ1n) is 11.6. The van der Waals surface area contributed by atoms with Gasteiger partial charge >= 0.3 is 6.03 Å². The predicted molar refractivity (Wildman–Crippen MR) is 145 cm³/mol. The molecule has 194 valence electrons. The number of benzene rings is 3. The van der Waals surface area contributed by atoms with Crippen LogP contribution in [0.3, 0.4) is 0 Å². The van der Waals surface area contributed by atoms with Crippen molar-refractivity contribution in [3.63, 3.8) is 0 Å². The zero-order chi connectivity index (χ0) is 27.2. The molecule has 0 radical (unpaired) electrons. The quantitative estimate of drug-likeness (QED) is 0.227. The van der Waals surface area contributed by atoms with Crippen molar-refractivity contribution < 1.29 is 28.6 Å². The third-order valence-corrected chi connectivity index (χ3v) is 6.18. The minimum Gasteiger partial charge on any atom is -0.497 e. The van der Waals surface area contributed by atoms with Crippen molar-refractivity contribution in [2.24, 2.45) is 0 Å². The molecule has 0 aromatic heterocycles. The number of nitrogens with one attached hydrogen (secondary N) is 1. The van der Waals surface area contributed by atoms with Crippen LogP contribution in [0.4, 0.5) is 10.5 Å². The number of anilines is 1. The monoisotopic (exact) mass is 532 g/mol. The van der Waals surface area contributed by atoms with E-state index < -0.39 is 17.8 Å². The minimum absolute atomic E-state index is 0.209. The first-order valence-corrected chi connectivity index (χ1v) is 12.0. The fourth-order valence-corrected chi connectivity index (χ4v) is 4.14. The molecule has 0 aliphatic carbocycles. The van der Waals surface area contributed by atoms with Gasteiger partial charge in [-0.05, 0) is 60.5 Å². The number of barbiturate groups is 1.